The van der Waals surface area contributed by atoms with Gasteiger partial charge in [0.2, 0.25) is 5.91 Å². The van der Waals surface area contributed by atoms with Crippen LogP contribution in [0.2, 0.25) is 0 Å². The van der Waals surface area contributed by atoms with E-state index in [2.05, 4.69) is 21.0 Å². The summed E-state index contributed by atoms with van der Waals surface area (Å²) in [6.45, 7) is 0.355. The van der Waals surface area contributed by atoms with Crippen molar-refractivity contribution in [3.63, 3.8) is 0 Å². The highest BCUT2D eigenvalue weighted by Gasteiger charge is 2.37. The lowest BCUT2D eigenvalue weighted by atomic mass is 10.0. The van der Waals surface area contributed by atoms with Crippen molar-refractivity contribution in [2.45, 2.75) is 36.5 Å². The Bertz CT molecular complexity index is 2320. The number of anilines is 1. The van der Waals surface area contributed by atoms with Crippen molar-refractivity contribution in [1.29, 1.82) is 0 Å². The molecule has 5 aromatic rings. The van der Waals surface area contributed by atoms with Crippen LogP contribution in [0.5, 0.6) is 5.75 Å². The molecule has 0 fully saturated rings. The predicted molar refractivity (Wildman–Crippen MR) is 196 cm³/mol. The molecule has 17 heteroatoms. The van der Waals surface area contributed by atoms with E-state index in [4.69, 9.17) is 10.5 Å². The third-order valence-electron chi connectivity index (χ3n) is 8.35. The molecule has 1 aromatic heterocycles. The van der Waals surface area contributed by atoms with Gasteiger partial charge in [0, 0.05) is 24.4 Å². The molecular formula is C38H36F4N6O6S. The average molecular weight is 781 g/mol. The van der Waals surface area contributed by atoms with Crippen LogP contribution in [-0.2, 0) is 27.4 Å². The van der Waals surface area contributed by atoms with Gasteiger partial charge in [-0.15, -0.1) is 0 Å². The van der Waals surface area contributed by atoms with Crippen LogP contribution in [-0.4, -0.2) is 61.9 Å². The van der Waals surface area contributed by atoms with Crippen molar-refractivity contribution in [2.24, 2.45) is 5.73 Å². The number of ether oxygens (including phenoxy) is 1. The molecule has 1 heterocycles. The van der Waals surface area contributed by atoms with E-state index in [1.807, 2.05) is 6.07 Å². The zero-order valence-electron chi connectivity index (χ0n) is 29.5. The Labute approximate surface area is 313 Å². The van der Waals surface area contributed by atoms with E-state index in [1.165, 1.54) is 49.6 Å². The summed E-state index contributed by atoms with van der Waals surface area (Å²) in [5.41, 5.74) is 3.57. The summed E-state index contributed by atoms with van der Waals surface area (Å²) in [6.07, 6.45) is -3.58. The van der Waals surface area contributed by atoms with E-state index in [9.17, 15) is 36.0 Å². The third kappa shape index (κ3) is 9.73. The number of methoxy groups -OCH3 is 1. The maximum Gasteiger partial charge on any atom is 0.435 e. The van der Waals surface area contributed by atoms with Crippen LogP contribution in [0.1, 0.15) is 44.9 Å². The largest absolute Gasteiger partial charge is 0.497 e. The van der Waals surface area contributed by atoms with Crippen LogP contribution in [0, 0.1) is 5.82 Å². The van der Waals surface area contributed by atoms with Crippen LogP contribution >= 0.6 is 0 Å². The molecule has 1 atom stereocenters. The fraction of sp³-hybridized carbons (Fsp3) is 0.211. The number of alkyl halides is 3. The van der Waals surface area contributed by atoms with Gasteiger partial charge in [0.05, 0.1) is 28.9 Å². The maximum atomic E-state index is 15.5. The van der Waals surface area contributed by atoms with Gasteiger partial charge in [-0.05, 0) is 66.9 Å². The second-order valence-corrected chi connectivity index (χ2v) is 14.3. The van der Waals surface area contributed by atoms with Crippen LogP contribution < -0.4 is 26.4 Å². The van der Waals surface area contributed by atoms with E-state index >= 15 is 4.39 Å². The van der Waals surface area contributed by atoms with E-state index in [0.29, 0.717) is 17.2 Å². The van der Waals surface area contributed by atoms with Gasteiger partial charge in [0.25, 0.3) is 11.8 Å². The van der Waals surface area contributed by atoms with Gasteiger partial charge in [-0.2, -0.15) is 18.3 Å². The van der Waals surface area contributed by atoms with Crippen molar-refractivity contribution in [1.82, 2.24) is 20.4 Å². The fourth-order valence-corrected chi connectivity index (χ4v) is 6.52. The van der Waals surface area contributed by atoms with E-state index < -0.39 is 62.7 Å². The molecule has 0 aliphatic carbocycles. The van der Waals surface area contributed by atoms with Gasteiger partial charge in [-0.3, -0.25) is 14.4 Å². The summed E-state index contributed by atoms with van der Waals surface area (Å²) < 4.78 is 88.1. The molecule has 288 valence electrons. The second-order valence-electron chi connectivity index (χ2n) is 12.3. The van der Waals surface area contributed by atoms with Gasteiger partial charge >= 0.3 is 6.18 Å². The van der Waals surface area contributed by atoms with Crippen LogP contribution in [0.15, 0.2) is 102 Å². The maximum absolute atomic E-state index is 15.5. The first-order valence-electron chi connectivity index (χ1n) is 16.7. The minimum absolute atomic E-state index is 0.0624. The zero-order valence-corrected chi connectivity index (χ0v) is 30.3. The van der Waals surface area contributed by atoms with Crippen molar-refractivity contribution in [3.8, 4) is 22.6 Å². The topological polar surface area (TPSA) is 175 Å². The number of sulfone groups is 1. The number of nitrogens with two attached hydrogens (primary N) is 1. The number of rotatable bonds is 14. The lowest BCUT2D eigenvalue weighted by Gasteiger charge is -2.20. The molecule has 55 heavy (non-hydrogen) atoms. The number of nitrogens with zero attached hydrogens (tertiary/aromatic N) is 2. The highest BCUT2D eigenvalue weighted by Crippen LogP contribution is 2.33. The number of carbonyl (C=O) groups excluding carboxylic acids is 3. The predicted octanol–water partition coefficient (Wildman–Crippen LogP) is 5.52. The summed E-state index contributed by atoms with van der Waals surface area (Å²) in [6, 6.07) is 21.4. The molecule has 0 spiro atoms. The monoisotopic (exact) mass is 780 g/mol. The van der Waals surface area contributed by atoms with E-state index in [0.717, 1.165) is 24.0 Å². The Kier molecular flexibility index (Phi) is 12.4. The first kappa shape index (κ1) is 40.1. The minimum atomic E-state index is -5.04. The van der Waals surface area contributed by atoms with E-state index in [-0.39, 0.29) is 52.5 Å². The highest BCUT2D eigenvalue weighted by atomic mass is 32.2. The Hall–Kier alpha value is -6.07. The van der Waals surface area contributed by atoms with Gasteiger partial charge < -0.3 is 26.4 Å². The molecule has 0 saturated carbocycles. The lowest BCUT2D eigenvalue weighted by molar-refractivity contribution is -0.141. The van der Waals surface area contributed by atoms with Crippen LogP contribution in [0.25, 0.3) is 16.8 Å². The molecule has 0 radical (unpaired) electrons. The van der Waals surface area contributed by atoms with Crippen molar-refractivity contribution in [2.75, 3.05) is 25.2 Å². The Morgan fingerprint density at radius 3 is 2.29 bits per heavy atom. The van der Waals surface area contributed by atoms with Gasteiger partial charge in [-0.1, -0.05) is 54.6 Å². The van der Waals surface area contributed by atoms with Gasteiger partial charge in [0.1, 0.15) is 23.3 Å². The highest BCUT2D eigenvalue weighted by molar-refractivity contribution is 7.90. The molecule has 4 aromatic carbocycles. The van der Waals surface area contributed by atoms with Gasteiger partial charge in [0.15, 0.2) is 15.5 Å². The normalized spacial score (nSPS) is 12.1. The first-order chi connectivity index (χ1) is 26.1. The Balaban J connectivity index is 1.49. The third-order valence-corrected chi connectivity index (χ3v) is 9.51. The number of hydrogen-bond acceptors (Lipinski definition) is 8. The molecule has 0 aliphatic rings. The molecule has 0 unspecified atom stereocenters. The number of amides is 3. The van der Waals surface area contributed by atoms with Crippen molar-refractivity contribution >= 4 is 33.2 Å². The summed E-state index contributed by atoms with van der Waals surface area (Å²) >= 11 is 0. The summed E-state index contributed by atoms with van der Waals surface area (Å²) in [5.74, 6) is -3.57. The number of nitrogens with one attached hydrogen (secondary N) is 3. The van der Waals surface area contributed by atoms with Gasteiger partial charge in [-0.25, -0.2) is 17.5 Å². The number of halogens is 4. The second kappa shape index (κ2) is 16.9. The summed E-state index contributed by atoms with van der Waals surface area (Å²) in [7, 11) is -2.40. The smallest absolute Gasteiger partial charge is 0.435 e. The molecule has 5 N–H and O–H groups in total. The molecule has 0 saturated heterocycles. The molecule has 0 bridgehead atoms. The SMILES string of the molecule is COc1ccc(-n2nc(C(F)(F)F)cc2C(=O)Nc2ccc(-c3ccccc3S(C)(=O)=O)cc2F)c(C(=O)N[C@@H](CCCN)C(=O)NCc2ccccc2)c1. The lowest BCUT2D eigenvalue weighted by Crippen LogP contribution is -2.47. The zero-order chi connectivity index (χ0) is 39.9. The van der Waals surface area contributed by atoms with Crippen LogP contribution in [0.3, 0.4) is 0 Å². The number of benzene rings is 4. The quantitative estimate of drug-likeness (QED) is 0.107. The first-order valence-corrected chi connectivity index (χ1v) is 18.6. The molecule has 0 aliphatic heterocycles. The van der Waals surface area contributed by atoms with Crippen LogP contribution in [0.4, 0.5) is 23.2 Å². The van der Waals surface area contributed by atoms with Crippen molar-refractivity contribution < 1.29 is 45.1 Å². The number of hydrogen-bond donors (Lipinski definition) is 4. The molecule has 5 rings (SSSR count). The number of aromatic nitrogens is 2. The molecular weight excluding hydrogens is 745 g/mol. The Morgan fingerprint density at radius 1 is 0.927 bits per heavy atom. The average Bonchev–Trinajstić information content (AvgIpc) is 3.63. The summed E-state index contributed by atoms with van der Waals surface area (Å²) in [5, 5.41) is 11.2. The molecule has 12 nitrogen and oxygen atoms in total. The fourth-order valence-electron chi connectivity index (χ4n) is 5.61. The minimum Gasteiger partial charge on any atom is -0.497 e. The standard InChI is InChI=1S/C38H36F4N6O6S/c1-54-25-15-17-31(27(20-25)35(49)46-30(12-8-18-43)36(50)44-22-23-9-4-3-5-10-23)48-32(21-34(47-48)38(40,41)42)37(51)45-29-16-14-24(19-28(29)39)26-11-6-7-13-33(26)55(2,52)53/h3-7,9-11,13-17,19-21,30H,8,12,18,22,43H2,1-2H3,(H,44,50)(H,45,51)(H,46,49)/t30-/m0/s1. The number of carbonyl (C=O) groups is 3. The Morgan fingerprint density at radius 2 is 1.64 bits per heavy atom. The summed E-state index contributed by atoms with van der Waals surface area (Å²) in [4.78, 5) is 40.7. The van der Waals surface area contributed by atoms with Crippen molar-refractivity contribution in [3.05, 3.63) is 125 Å². The van der Waals surface area contributed by atoms with E-state index in [1.54, 1.807) is 30.3 Å². The molecule has 3 amide bonds.